The van der Waals surface area contributed by atoms with Gasteiger partial charge < -0.3 is 10.6 Å². The zero-order valence-corrected chi connectivity index (χ0v) is 14.2. The molecule has 3 aromatic rings. The molecule has 4 rings (SSSR count). The maximum Gasteiger partial charge on any atom is 0.137 e. The summed E-state index contributed by atoms with van der Waals surface area (Å²) in [6.45, 7) is 0. The summed E-state index contributed by atoms with van der Waals surface area (Å²) in [5, 5.41) is 3.02. The number of rotatable bonds is 2. The van der Waals surface area contributed by atoms with Crippen molar-refractivity contribution in [1.29, 1.82) is 0 Å². The van der Waals surface area contributed by atoms with Crippen molar-refractivity contribution in [3.63, 3.8) is 0 Å². The number of benzene rings is 1. The van der Waals surface area contributed by atoms with Crippen molar-refractivity contribution < 1.29 is 0 Å². The molecule has 1 unspecified atom stereocenters. The number of nitrogens with two attached hydrogens (primary N) is 1. The van der Waals surface area contributed by atoms with Crippen molar-refractivity contribution in [3.8, 4) is 0 Å². The number of imidazole rings is 1. The minimum absolute atomic E-state index is 0.268. The van der Waals surface area contributed by atoms with Crippen LogP contribution in [0.1, 0.15) is 5.69 Å². The number of fused-ring (bicyclic) bond motifs is 1. The fraction of sp³-hybridized carbons (Fsp3) is 0.0625. The number of halogens is 2. The quantitative estimate of drug-likeness (QED) is 0.732. The summed E-state index contributed by atoms with van der Waals surface area (Å²) in [4.78, 5) is 6.42. The fourth-order valence-corrected chi connectivity index (χ4v) is 3.88. The normalized spacial score (nSPS) is 17.8. The van der Waals surface area contributed by atoms with Gasteiger partial charge in [0.1, 0.15) is 11.1 Å². The highest BCUT2D eigenvalue weighted by Gasteiger charge is 2.30. The molecule has 0 aliphatic carbocycles. The first-order valence-corrected chi connectivity index (χ1v) is 8.63. The first-order valence-electron chi connectivity index (χ1n) is 6.94. The van der Waals surface area contributed by atoms with E-state index < -0.39 is 0 Å². The van der Waals surface area contributed by atoms with E-state index in [1.54, 1.807) is 6.07 Å². The van der Waals surface area contributed by atoms with Crippen LogP contribution in [0.25, 0.3) is 11.3 Å². The third-order valence-electron chi connectivity index (χ3n) is 3.70. The van der Waals surface area contributed by atoms with E-state index in [1.807, 2.05) is 57.4 Å². The largest absolute Gasteiger partial charge is 0.312 e. The van der Waals surface area contributed by atoms with E-state index in [4.69, 9.17) is 28.9 Å². The number of hydrogen-bond donors (Lipinski definition) is 1. The van der Waals surface area contributed by atoms with Crippen LogP contribution in [0.5, 0.6) is 0 Å². The molecule has 0 saturated carbocycles. The number of hydrogen-bond acceptors (Lipinski definition) is 4. The lowest BCUT2D eigenvalue weighted by atomic mass is 10.2. The second kappa shape index (κ2) is 5.76. The highest BCUT2D eigenvalue weighted by molar-refractivity contribution is 8.03. The van der Waals surface area contributed by atoms with Gasteiger partial charge in [0, 0.05) is 11.6 Å². The average molecular weight is 363 g/mol. The summed E-state index contributed by atoms with van der Waals surface area (Å²) in [6, 6.07) is 11.4. The molecule has 116 valence electrons. The highest BCUT2D eigenvalue weighted by Crippen LogP contribution is 2.43. The molecule has 7 heteroatoms. The van der Waals surface area contributed by atoms with Gasteiger partial charge in [-0.3, -0.25) is 4.40 Å². The predicted octanol–water partition coefficient (Wildman–Crippen LogP) is 4.44. The minimum Gasteiger partial charge on any atom is -0.312 e. The van der Waals surface area contributed by atoms with Gasteiger partial charge in [-0.1, -0.05) is 47.1 Å². The Morgan fingerprint density at radius 3 is 2.87 bits per heavy atom. The van der Waals surface area contributed by atoms with Gasteiger partial charge in [0.2, 0.25) is 0 Å². The van der Waals surface area contributed by atoms with E-state index in [-0.39, 0.29) is 5.50 Å². The molecule has 0 amide bonds. The van der Waals surface area contributed by atoms with Crippen molar-refractivity contribution in [2.24, 2.45) is 5.73 Å². The third kappa shape index (κ3) is 2.40. The Morgan fingerprint density at radius 1 is 1.13 bits per heavy atom. The van der Waals surface area contributed by atoms with Gasteiger partial charge in [0.25, 0.3) is 0 Å². The number of anilines is 1. The van der Waals surface area contributed by atoms with Crippen LogP contribution < -0.4 is 10.6 Å². The van der Waals surface area contributed by atoms with Crippen LogP contribution in [-0.2, 0) is 0 Å². The van der Waals surface area contributed by atoms with Crippen LogP contribution in [-0.4, -0.2) is 14.9 Å². The summed E-state index contributed by atoms with van der Waals surface area (Å²) in [7, 11) is 0. The zero-order valence-electron chi connectivity index (χ0n) is 11.9. The molecule has 4 nitrogen and oxygen atoms in total. The Morgan fingerprint density at radius 2 is 2.00 bits per heavy atom. The van der Waals surface area contributed by atoms with Crippen LogP contribution in [0.15, 0.2) is 54.2 Å². The minimum atomic E-state index is -0.268. The number of aromatic nitrogens is 2. The van der Waals surface area contributed by atoms with Gasteiger partial charge in [-0.25, -0.2) is 4.98 Å². The first kappa shape index (κ1) is 14.9. The van der Waals surface area contributed by atoms with E-state index in [9.17, 15) is 0 Å². The summed E-state index contributed by atoms with van der Waals surface area (Å²) in [5.41, 5.74) is 9.58. The van der Waals surface area contributed by atoms with Crippen molar-refractivity contribution >= 4 is 52.0 Å². The maximum atomic E-state index is 6.40. The van der Waals surface area contributed by atoms with E-state index in [0.29, 0.717) is 10.0 Å². The molecule has 0 saturated heterocycles. The van der Waals surface area contributed by atoms with Crippen LogP contribution in [0.4, 0.5) is 5.69 Å². The van der Waals surface area contributed by atoms with Gasteiger partial charge in [-0.05, 0) is 24.3 Å². The van der Waals surface area contributed by atoms with Crippen molar-refractivity contribution in [2.75, 3.05) is 4.90 Å². The fourth-order valence-electron chi connectivity index (χ4n) is 2.64. The second-order valence-electron chi connectivity index (χ2n) is 5.04. The third-order valence-corrected chi connectivity index (χ3v) is 5.36. The Balaban J connectivity index is 1.86. The van der Waals surface area contributed by atoms with Gasteiger partial charge in [-0.2, -0.15) is 0 Å². The lowest BCUT2D eigenvalue weighted by molar-refractivity contribution is 0.930. The molecule has 1 aliphatic heterocycles. The molecule has 3 heterocycles. The Labute approximate surface area is 147 Å². The lowest BCUT2D eigenvalue weighted by Gasteiger charge is -2.27. The average Bonchev–Trinajstić information content (AvgIpc) is 3.14. The van der Waals surface area contributed by atoms with Crippen molar-refractivity contribution in [1.82, 2.24) is 9.38 Å². The van der Waals surface area contributed by atoms with Gasteiger partial charge in [0.15, 0.2) is 0 Å². The number of nitrogens with zero attached hydrogens (tertiary/aromatic N) is 3. The molecule has 0 radical (unpaired) electrons. The Kier molecular flexibility index (Phi) is 3.73. The monoisotopic (exact) mass is 362 g/mol. The Bertz CT molecular complexity index is 921. The molecule has 1 aromatic carbocycles. The smallest absolute Gasteiger partial charge is 0.137 e. The van der Waals surface area contributed by atoms with Crippen LogP contribution >= 0.6 is 35.0 Å². The second-order valence-corrected chi connectivity index (χ2v) is 6.82. The Hall–Kier alpha value is -1.66. The van der Waals surface area contributed by atoms with Gasteiger partial charge >= 0.3 is 0 Å². The predicted molar refractivity (Wildman–Crippen MR) is 97.7 cm³/mol. The highest BCUT2D eigenvalue weighted by atomic mass is 35.5. The summed E-state index contributed by atoms with van der Waals surface area (Å²) in [5.74, 6) is 0. The zero-order chi connectivity index (χ0) is 16.0. The van der Waals surface area contributed by atoms with E-state index >= 15 is 0 Å². The molecule has 1 atom stereocenters. The molecule has 0 spiro atoms. The molecule has 0 fully saturated rings. The molecular weight excluding hydrogens is 351 g/mol. The molecule has 2 N–H and O–H groups in total. The summed E-state index contributed by atoms with van der Waals surface area (Å²) in [6.07, 6.45) is 3.82. The van der Waals surface area contributed by atoms with Crippen LogP contribution in [0, 0.1) is 0 Å². The first-order chi connectivity index (χ1) is 11.2. The molecule has 1 aliphatic rings. The van der Waals surface area contributed by atoms with E-state index in [1.165, 1.54) is 11.8 Å². The van der Waals surface area contributed by atoms with E-state index in [0.717, 1.165) is 22.7 Å². The van der Waals surface area contributed by atoms with E-state index in [2.05, 4.69) is 4.98 Å². The van der Waals surface area contributed by atoms with Crippen LogP contribution in [0.2, 0.25) is 10.0 Å². The van der Waals surface area contributed by atoms with Crippen LogP contribution in [0.3, 0.4) is 0 Å². The topological polar surface area (TPSA) is 46.6 Å². The molecular formula is C16H12Cl2N4S. The SMILES string of the molecule is NC1SC=C(c2cnc3ccccn23)N1c1cccc(Cl)c1Cl. The number of thioether (sulfide) groups is 1. The summed E-state index contributed by atoms with van der Waals surface area (Å²) >= 11 is 14.1. The molecule has 0 bridgehead atoms. The number of pyridine rings is 1. The van der Waals surface area contributed by atoms with Crippen molar-refractivity contribution in [2.45, 2.75) is 5.50 Å². The maximum absolute atomic E-state index is 6.40. The van der Waals surface area contributed by atoms with Gasteiger partial charge in [0.05, 0.1) is 33.3 Å². The summed E-state index contributed by atoms with van der Waals surface area (Å²) < 4.78 is 2.02. The lowest BCUT2D eigenvalue weighted by Crippen LogP contribution is -2.35. The molecule has 2 aromatic heterocycles. The van der Waals surface area contributed by atoms with Crippen molar-refractivity contribution in [3.05, 3.63) is 69.9 Å². The standard InChI is InChI=1S/C16H12Cl2N4S/c17-10-4-3-5-11(15(10)18)22-13(9-23-16(22)19)12-8-20-14-6-1-2-7-21(12)14/h1-9,16H,19H2. The molecule has 23 heavy (non-hydrogen) atoms. The van der Waals surface area contributed by atoms with Gasteiger partial charge in [-0.15, -0.1) is 0 Å².